The molecule has 0 radical (unpaired) electrons. The second-order valence-corrected chi connectivity index (χ2v) is 10.2. The zero-order chi connectivity index (χ0) is 24.0. The van der Waals surface area contributed by atoms with E-state index < -0.39 is 0 Å². The number of benzene rings is 1. The van der Waals surface area contributed by atoms with Gasteiger partial charge in [0.05, 0.1) is 16.6 Å². The molecule has 2 aromatic heterocycles. The van der Waals surface area contributed by atoms with Gasteiger partial charge in [0.1, 0.15) is 11.4 Å². The number of nitrogens with zero attached hydrogens (tertiary/aromatic N) is 3. The van der Waals surface area contributed by atoms with Crippen molar-refractivity contribution in [3.63, 3.8) is 0 Å². The third-order valence-corrected chi connectivity index (χ3v) is 7.48. The average Bonchev–Trinajstić information content (AvgIpc) is 3.39. The van der Waals surface area contributed by atoms with Crippen molar-refractivity contribution in [2.24, 2.45) is 11.8 Å². The van der Waals surface area contributed by atoms with Crippen LogP contribution >= 0.6 is 11.3 Å². The first kappa shape index (κ1) is 22.4. The maximum Gasteiger partial charge on any atom is 0.266 e. The minimum Gasteiger partial charge on any atom is -0.454 e. The van der Waals surface area contributed by atoms with E-state index in [0.717, 1.165) is 17.8 Å². The number of carbonyl (C=O) groups is 2. The molecule has 1 aromatic carbocycles. The van der Waals surface area contributed by atoms with Gasteiger partial charge < -0.3 is 19.7 Å². The number of hydrogen-bond donors (Lipinski definition) is 1. The van der Waals surface area contributed by atoms with Gasteiger partial charge in [-0.1, -0.05) is 13.8 Å². The lowest BCUT2D eigenvalue weighted by Crippen LogP contribution is -2.44. The Morgan fingerprint density at radius 2 is 1.91 bits per heavy atom. The summed E-state index contributed by atoms with van der Waals surface area (Å²) in [6, 6.07) is 5.16. The number of anilines is 1. The summed E-state index contributed by atoms with van der Waals surface area (Å²) in [6.45, 7) is 7.51. The number of ether oxygens (including phenoxy) is 2. The Balaban J connectivity index is 1.38. The van der Waals surface area contributed by atoms with E-state index in [9.17, 15) is 14.4 Å². The van der Waals surface area contributed by atoms with Gasteiger partial charge in [0, 0.05) is 24.8 Å². The zero-order valence-electron chi connectivity index (χ0n) is 19.3. The summed E-state index contributed by atoms with van der Waals surface area (Å²) >= 11 is 1.16. The van der Waals surface area contributed by atoms with Crippen LogP contribution in [0.2, 0.25) is 0 Å². The minimum atomic E-state index is -0.335. The summed E-state index contributed by atoms with van der Waals surface area (Å²) in [7, 11) is 0. The van der Waals surface area contributed by atoms with E-state index in [4.69, 9.17) is 9.47 Å². The Morgan fingerprint density at radius 1 is 1.18 bits per heavy atom. The van der Waals surface area contributed by atoms with Crippen molar-refractivity contribution in [2.75, 3.05) is 25.2 Å². The van der Waals surface area contributed by atoms with Crippen LogP contribution in [-0.4, -0.2) is 46.1 Å². The molecule has 0 spiro atoms. The molecule has 2 aliphatic rings. The number of rotatable bonds is 4. The Kier molecular flexibility index (Phi) is 5.76. The summed E-state index contributed by atoms with van der Waals surface area (Å²) in [5, 5.41) is 3.22. The van der Waals surface area contributed by atoms with Gasteiger partial charge in [0.15, 0.2) is 11.5 Å². The van der Waals surface area contributed by atoms with Crippen LogP contribution in [0.5, 0.6) is 11.5 Å². The van der Waals surface area contributed by atoms with E-state index in [1.165, 1.54) is 10.9 Å². The van der Waals surface area contributed by atoms with Gasteiger partial charge in [-0.05, 0) is 42.9 Å². The standard InChI is InChI=1S/C24H26N4O5S/c1-13-6-14(2)9-27(8-13)19(29)10-28-11-25-23-20(24(28)31)15(3)21(34-23)22(30)26-16-4-5-17-18(7-16)33-12-32-17/h4-5,7,11,13-14H,6,8-10,12H2,1-3H3,(H,26,30)/t13-,14+. The Bertz CT molecular complexity index is 1340. The second kappa shape index (κ2) is 8.75. The van der Waals surface area contributed by atoms with Crippen molar-refractivity contribution >= 4 is 39.1 Å². The molecular weight excluding hydrogens is 456 g/mol. The smallest absolute Gasteiger partial charge is 0.266 e. The summed E-state index contributed by atoms with van der Waals surface area (Å²) in [4.78, 5) is 46.2. The van der Waals surface area contributed by atoms with Gasteiger partial charge in [0.25, 0.3) is 11.5 Å². The number of carbonyl (C=O) groups excluding carboxylic acids is 2. The molecule has 34 heavy (non-hydrogen) atoms. The van der Waals surface area contributed by atoms with Gasteiger partial charge in [0.2, 0.25) is 12.7 Å². The number of aromatic nitrogens is 2. The third kappa shape index (κ3) is 4.13. The predicted octanol–water partition coefficient (Wildman–Crippen LogP) is 3.25. The molecule has 9 nitrogen and oxygen atoms in total. The third-order valence-electron chi connectivity index (χ3n) is 6.28. The molecule has 2 amide bonds. The molecule has 1 N–H and O–H groups in total. The Labute approximate surface area is 200 Å². The van der Waals surface area contributed by atoms with E-state index in [-0.39, 0.29) is 30.7 Å². The first-order chi connectivity index (χ1) is 16.3. The highest BCUT2D eigenvalue weighted by molar-refractivity contribution is 7.20. The molecule has 10 heteroatoms. The first-order valence-electron chi connectivity index (χ1n) is 11.3. The monoisotopic (exact) mass is 482 g/mol. The van der Waals surface area contributed by atoms with Crippen molar-refractivity contribution in [1.82, 2.24) is 14.5 Å². The van der Waals surface area contributed by atoms with Crippen molar-refractivity contribution in [3.8, 4) is 11.5 Å². The van der Waals surface area contributed by atoms with Crippen LogP contribution in [0.15, 0.2) is 29.3 Å². The fourth-order valence-electron chi connectivity index (χ4n) is 4.76. The van der Waals surface area contributed by atoms with Crippen LogP contribution in [-0.2, 0) is 11.3 Å². The molecule has 0 unspecified atom stereocenters. The average molecular weight is 483 g/mol. The fraction of sp³-hybridized carbons (Fsp3) is 0.417. The first-order valence-corrected chi connectivity index (χ1v) is 12.1. The zero-order valence-corrected chi connectivity index (χ0v) is 20.1. The van der Waals surface area contributed by atoms with Crippen LogP contribution in [0.4, 0.5) is 5.69 Å². The number of aryl methyl sites for hydroxylation is 1. The highest BCUT2D eigenvalue weighted by atomic mass is 32.1. The molecule has 1 fully saturated rings. The van der Waals surface area contributed by atoms with Crippen molar-refractivity contribution in [1.29, 1.82) is 0 Å². The van der Waals surface area contributed by atoms with E-state index in [1.54, 1.807) is 25.1 Å². The van der Waals surface area contributed by atoms with E-state index in [2.05, 4.69) is 24.1 Å². The molecule has 5 rings (SSSR count). The molecule has 2 atom stereocenters. The van der Waals surface area contributed by atoms with Crippen LogP contribution in [0, 0.1) is 18.8 Å². The Morgan fingerprint density at radius 3 is 2.68 bits per heavy atom. The maximum atomic E-state index is 13.2. The predicted molar refractivity (Wildman–Crippen MR) is 129 cm³/mol. The van der Waals surface area contributed by atoms with Crippen molar-refractivity contribution in [3.05, 3.63) is 45.3 Å². The van der Waals surface area contributed by atoms with Crippen LogP contribution < -0.4 is 20.3 Å². The molecule has 0 bridgehead atoms. The Hall–Kier alpha value is -3.40. The van der Waals surface area contributed by atoms with E-state index >= 15 is 0 Å². The number of thiophene rings is 1. The topological polar surface area (TPSA) is 103 Å². The summed E-state index contributed by atoms with van der Waals surface area (Å²) in [5.41, 5.74) is 0.803. The molecule has 2 aliphatic heterocycles. The maximum absolute atomic E-state index is 13.2. The molecule has 178 valence electrons. The van der Waals surface area contributed by atoms with Gasteiger partial charge in [-0.3, -0.25) is 19.0 Å². The van der Waals surface area contributed by atoms with Gasteiger partial charge in [-0.2, -0.15) is 0 Å². The minimum absolute atomic E-state index is 0.0603. The van der Waals surface area contributed by atoms with Gasteiger partial charge >= 0.3 is 0 Å². The number of hydrogen-bond acceptors (Lipinski definition) is 7. The lowest BCUT2D eigenvalue weighted by Gasteiger charge is -2.35. The van der Waals surface area contributed by atoms with E-state index in [1.807, 2.05) is 4.90 Å². The number of piperidine rings is 1. The van der Waals surface area contributed by atoms with Crippen molar-refractivity contribution in [2.45, 2.75) is 33.7 Å². The van der Waals surface area contributed by atoms with Crippen molar-refractivity contribution < 1.29 is 19.1 Å². The van der Waals surface area contributed by atoms with Crippen LogP contribution in [0.25, 0.3) is 10.2 Å². The quantitative estimate of drug-likeness (QED) is 0.612. The lowest BCUT2D eigenvalue weighted by molar-refractivity contribution is -0.134. The fourth-order valence-corrected chi connectivity index (χ4v) is 5.80. The molecule has 0 saturated carbocycles. The molecule has 4 heterocycles. The summed E-state index contributed by atoms with van der Waals surface area (Å²) in [6.07, 6.45) is 2.50. The number of nitrogens with one attached hydrogen (secondary N) is 1. The number of fused-ring (bicyclic) bond motifs is 2. The van der Waals surface area contributed by atoms with Crippen LogP contribution in [0.3, 0.4) is 0 Å². The second-order valence-electron chi connectivity index (χ2n) is 9.18. The van der Waals surface area contributed by atoms with Gasteiger partial charge in [-0.25, -0.2) is 4.98 Å². The summed E-state index contributed by atoms with van der Waals surface area (Å²) < 4.78 is 12.0. The highest BCUT2D eigenvalue weighted by Gasteiger charge is 2.26. The normalized spacial score (nSPS) is 19.4. The van der Waals surface area contributed by atoms with E-state index in [0.29, 0.717) is 62.8 Å². The highest BCUT2D eigenvalue weighted by Crippen LogP contribution is 2.35. The largest absolute Gasteiger partial charge is 0.454 e. The van der Waals surface area contributed by atoms with Gasteiger partial charge in [-0.15, -0.1) is 11.3 Å². The molecular formula is C24H26N4O5S. The molecule has 3 aromatic rings. The SMILES string of the molecule is Cc1c(C(=O)Nc2ccc3c(c2)OCO3)sc2ncn(CC(=O)N3C[C@H](C)C[C@H](C)C3)c(=O)c12. The molecule has 1 saturated heterocycles. The molecule has 0 aliphatic carbocycles. The van der Waals surface area contributed by atoms with Crippen LogP contribution in [0.1, 0.15) is 35.5 Å². The summed E-state index contributed by atoms with van der Waals surface area (Å²) in [5.74, 6) is 1.65. The lowest BCUT2D eigenvalue weighted by atomic mass is 9.92. The number of amides is 2. The number of likely N-dealkylation sites (tertiary alicyclic amines) is 1.